The van der Waals surface area contributed by atoms with E-state index in [1.165, 1.54) is 0 Å². The molecule has 2 N–H and O–H groups in total. The van der Waals surface area contributed by atoms with Gasteiger partial charge in [0, 0.05) is 9.93 Å². The Morgan fingerprint density at radius 3 is 0.933 bits per heavy atom. The Hall–Kier alpha value is -0.917. The van der Waals surface area contributed by atoms with Gasteiger partial charge >= 0.3 is 19.5 Å². The Bertz CT molecular complexity index is 183. The molecule has 80 valence electrons. The zero-order valence-electron chi connectivity index (χ0n) is 7.38. The number of aromatic amines is 2. The average molecular weight is 306 g/mol. The fraction of sp³-hybridized carbons (Fsp3) is 0. The van der Waals surface area contributed by atoms with E-state index in [0.717, 1.165) is 0 Å². The summed E-state index contributed by atoms with van der Waals surface area (Å²) >= 11 is 0. The van der Waals surface area contributed by atoms with Gasteiger partial charge in [0.25, 0.3) is 0 Å². The molecular weight excluding hydrogens is 300 g/mol. The maximum absolute atomic E-state index is 7.00. The third-order valence-electron chi connectivity index (χ3n) is 0.662. The van der Waals surface area contributed by atoms with E-state index in [4.69, 9.17) is 9.93 Å². The van der Waals surface area contributed by atoms with E-state index in [0.29, 0.717) is 0 Å². The minimum absolute atomic E-state index is 0. The quantitative estimate of drug-likeness (QED) is 0.468. The van der Waals surface area contributed by atoms with Crippen LogP contribution in [0.4, 0.5) is 0 Å². The molecule has 11 heteroatoms. The van der Waals surface area contributed by atoms with Gasteiger partial charge < -0.3 is 24.8 Å². The van der Waals surface area contributed by atoms with Crippen molar-refractivity contribution in [1.29, 1.82) is 0 Å². The second-order valence-corrected chi connectivity index (χ2v) is 1.31. The molecule has 2 rings (SSSR count). The topological polar surface area (TPSA) is 117 Å². The molecular formula is C4H6Cl2N6O2Zn. The number of hydrogen-bond donors (Lipinski definition) is 2. The summed E-state index contributed by atoms with van der Waals surface area (Å²) in [6, 6.07) is 0. The normalized spacial score (nSPS) is 5.60. The molecule has 0 saturated carbocycles. The molecule has 0 amide bonds. The van der Waals surface area contributed by atoms with Crippen molar-refractivity contribution in [2.45, 2.75) is 0 Å². The Morgan fingerprint density at radius 2 is 0.867 bits per heavy atom. The van der Waals surface area contributed by atoms with Gasteiger partial charge in [-0.1, -0.05) is 0 Å². The fourth-order valence-electron chi connectivity index (χ4n) is 0.333. The van der Waals surface area contributed by atoms with Crippen LogP contribution in [0.3, 0.4) is 0 Å². The SMILES string of the molecule is O=O.[Cl-].[Cl-].[Zn+2].c1cn[nH]n1.c1cn[nH]n1. The first-order chi connectivity index (χ1) is 6.00. The first-order valence-electron chi connectivity index (χ1n) is 2.76. The number of halogens is 2. The van der Waals surface area contributed by atoms with Crippen LogP contribution in [0.1, 0.15) is 0 Å². The molecule has 0 atom stereocenters. The van der Waals surface area contributed by atoms with Crippen molar-refractivity contribution >= 4 is 0 Å². The van der Waals surface area contributed by atoms with E-state index < -0.39 is 0 Å². The molecule has 0 aliphatic carbocycles. The standard InChI is InChI=1S/2C2H3N3.2ClH.O2.Zn/c2*1-2-4-5-3-1;;;1-2;/h2*1-2H,(H,3,4,5);2*1H;;/q;;;;;+2/p-2. The van der Waals surface area contributed by atoms with Gasteiger partial charge in [-0.3, -0.25) is 0 Å². The third kappa shape index (κ3) is 19.5. The van der Waals surface area contributed by atoms with Gasteiger partial charge in [0.1, 0.15) is 0 Å². The van der Waals surface area contributed by atoms with Crippen LogP contribution in [-0.4, -0.2) is 30.8 Å². The molecule has 2 heterocycles. The number of nitrogens with zero attached hydrogens (tertiary/aromatic N) is 4. The molecule has 2 aromatic heterocycles. The van der Waals surface area contributed by atoms with Crippen molar-refractivity contribution in [3.05, 3.63) is 34.7 Å². The number of nitrogens with one attached hydrogen (secondary N) is 2. The Balaban J connectivity index is -0.0000000592. The second kappa shape index (κ2) is 23.2. The molecule has 0 radical (unpaired) electrons. The molecule has 2 aromatic rings. The van der Waals surface area contributed by atoms with Gasteiger partial charge in [-0.05, 0) is 0 Å². The average Bonchev–Trinajstić information content (AvgIpc) is 2.87. The van der Waals surface area contributed by atoms with Crippen LogP contribution >= 0.6 is 0 Å². The number of H-pyrrole nitrogens is 2. The summed E-state index contributed by atoms with van der Waals surface area (Å²) in [7, 11) is 0. The van der Waals surface area contributed by atoms with Crippen LogP contribution in [0.25, 0.3) is 0 Å². The van der Waals surface area contributed by atoms with E-state index >= 15 is 0 Å². The monoisotopic (exact) mass is 304 g/mol. The number of aromatic nitrogens is 6. The molecule has 0 bridgehead atoms. The largest absolute Gasteiger partial charge is 2.00 e. The first-order valence-corrected chi connectivity index (χ1v) is 2.76. The minimum atomic E-state index is 0. The summed E-state index contributed by atoms with van der Waals surface area (Å²) in [5, 5.41) is 18.7. The summed E-state index contributed by atoms with van der Waals surface area (Å²) < 4.78 is 0. The molecule has 8 nitrogen and oxygen atoms in total. The van der Waals surface area contributed by atoms with Crippen LogP contribution in [0.5, 0.6) is 0 Å². The molecule has 0 aliphatic heterocycles. The van der Waals surface area contributed by atoms with Crippen LogP contribution in [0, 0.1) is 9.93 Å². The molecule has 0 saturated heterocycles. The Kier molecular flexibility index (Phi) is 36.6. The van der Waals surface area contributed by atoms with E-state index in [-0.39, 0.29) is 44.3 Å². The van der Waals surface area contributed by atoms with Gasteiger partial charge in [-0.15, -0.1) is 0 Å². The van der Waals surface area contributed by atoms with Gasteiger partial charge in [0.15, 0.2) is 0 Å². The van der Waals surface area contributed by atoms with Gasteiger partial charge in [0.05, 0.1) is 24.8 Å². The summed E-state index contributed by atoms with van der Waals surface area (Å²) in [4.78, 5) is 14.0. The number of hydrogen-bond acceptors (Lipinski definition) is 6. The zero-order valence-corrected chi connectivity index (χ0v) is 11.9. The Labute approximate surface area is 110 Å². The van der Waals surface area contributed by atoms with E-state index in [1.807, 2.05) is 0 Å². The van der Waals surface area contributed by atoms with Crippen LogP contribution in [0.2, 0.25) is 0 Å². The zero-order chi connectivity index (χ0) is 9.07. The van der Waals surface area contributed by atoms with Crippen molar-refractivity contribution in [3.63, 3.8) is 0 Å². The van der Waals surface area contributed by atoms with Crippen LogP contribution in [0.15, 0.2) is 24.8 Å². The van der Waals surface area contributed by atoms with E-state index in [1.54, 1.807) is 24.8 Å². The van der Waals surface area contributed by atoms with E-state index in [2.05, 4.69) is 30.8 Å². The van der Waals surface area contributed by atoms with Crippen molar-refractivity contribution < 1.29 is 44.3 Å². The molecule has 15 heavy (non-hydrogen) atoms. The van der Waals surface area contributed by atoms with Crippen molar-refractivity contribution in [2.75, 3.05) is 0 Å². The second-order valence-electron chi connectivity index (χ2n) is 1.31. The molecule has 0 fully saturated rings. The Morgan fingerprint density at radius 1 is 0.667 bits per heavy atom. The van der Waals surface area contributed by atoms with Crippen molar-refractivity contribution in [2.24, 2.45) is 0 Å². The molecule has 0 aromatic carbocycles. The molecule has 0 spiro atoms. The predicted octanol–water partition coefficient (Wildman–Crippen LogP) is -6.32. The van der Waals surface area contributed by atoms with Crippen molar-refractivity contribution in [1.82, 2.24) is 30.8 Å². The maximum atomic E-state index is 7.00. The summed E-state index contributed by atoms with van der Waals surface area (Å²) in [5.41, 5.74) is 0. The third-order valence-corrected chi connectivity index (χ3v) is 0.662. The predicted molar refractivity (Wildman–Crippen MR) is 39.5 cm³/mol. The van der Waals surface area contributed by atoms with Gasteiger partial charge in [-0.2, -0.15) is 30.8 Å². The molecule has 0 aliphatic rings. The van der Waals surface area contributed by atoms with Crippen LogP contribution in [-0.2, 0) is 19.5 Å². The summed E-state index contributed by atoms with van der Waals surface area (Å²) in [5.74, 6) is 0. The van der Waals surface area contributed by atoms with Crippen LogP contribution < -0.4 is 24.8 Å². The molecule has 0 unspecified atom stereocenters. The smallest absolute Gasteiger partial charge is 1.00 e. The van der Waals surface area contributed by atoms with E-state index in [9.17, 15) is 0 Å². The summed E-state index contributed by atoms with van der Waals surface area (Å²) in [6.45, 7) is 0. The number of rotatable bonds is 0. The van der Waals surface area contributed by atoms with Crippen molar-refractivity contribution in [3.8, 4) is 0 Å². The minimum Gasteiger partial charge on any atom is -1.00 e. The van der Waals surface area contributed by atoms with Gasteiger partial charge in [0.2, 0.25) is 0 Å². The maximum Gasteiger partial charge on any atom is 2.00 e. The first kappa shape index (κ1) is 23.7. The van der Waals surface area contributed by atoms with Gasteiger partial charge in [-0.25, -0.2) is 0 Å². The fourth-order valence-corrected chi connectivity index (χ4v) is 0.333. The summed E-state index contributed by atoms with van der Waals surface area (Å²) in [6.07, 6.45) is 6.33.